The lowest BCUT2D eigenvalue weighted by molar-refractivity contribution is -0.0973. The Labute approximate surface area is 216 Å². The van der Waals surface area contributed by atoms with Crippen LogP contribution in [-0.2, 0) is 5.54 Å². The molecule has 1 amide bonds. The zero-order chi connectivity index (χ0) is 26.2. The van der Waals surface area contributed by atoms with Crippen molar-refractivity contribution in [2.24, 2.45) is 11.8 Å². The number of benzene rings is 2. The Bertz CT molecular complexity index is 1640. The third-order valence-electron chi connectivity index (χ3n) is 8.32. The summed E-state index contributed by atoms with van der Waals surface area (Å²) in [5.41, 5.74) is 1.02. The van der Waals surface area contributed by atoms with Crippen molar-refractivity contribution in [3.63, 3.8) is 0 Å². The van der Waals surface area contributed by atoms with Crippen LogP contribution in [0.1, 0.15) is 43.1 Å². The lowest BCUT2D eigenvalue weighted by atomic mass is 9.50. The molecule has 2 aromatic carbocycles. The SMILES string of the molecule is C[C@@H]1CCN(c2c(NC(=O)c3ccc(=O)n(-c4c(F)cccc4F)n3)ccc3nn(C45CC(C4)C5)cc23)C1. The average molecular weight is 517 g/mol. The lowest BCUT2D eigenvalue weighted by Crippen LogP contribution is -2.59. The van der Waals surface area contributed by atoms with Gasteiger partial charge in [0.2, 0.25) is 0 Å². The maximum atomic E-state index is 14.4. The first-order valence-corrected chi connectivity index (χ1v) is 13.0. The van der Waals surface area contributed by atoms with Gasteiger partial charge in [-0.05, 0) is 67.9 Å². The number of carbonyl (C=O) groups is 1. The highest BCUT2D eigenvalue weighted by Gasteiger charge is 2.58. The Kier molecular flexibility index (Phi) is 4.98. The van der Waals surface area contributed by atoms with E-state index < -0.39 is 28.8 Å². The zero-order valence-corrected chi connectivity index (χ0v) is 20.8. The second-order valence-electron chi connectivity index (χ2n) is 11.0. The summed E-state index contributed by atoms with van der Waals surface area (Å²) >= 11 is 0. The molecule has 0 radical (unpaired) electrons. The van der Waals surface area contributed by atoms with Crippen molar-refractivity contribution in [1.82, 2.24) is 19.6 Å². The van der Waals surface area contributed by atoms with Crippen molar-refractivity contribution in [3.05, 3.63) is 76.3 Å². The van der Waals surface area contributed by atoms with Crippen molar-refractivity contribution in [2.45, 2.75) is 38.1 Å². The van der Waals surface area contributed by atoms with E-state index in [1.165, 1.54) is 31.4 Å². The number of amides is 1. The Balaban J connectivity index is 1.27. The molecule has 3 aliphatic carbocycles. The third kappa shape index (κ3) is 3.46. The third-order valence-corrected chi connectivity index (χ3v) is 8.32. The number of rotatable bonds is 5. The first kappa shape index (κ1) is 23.1. The normalized spacial score (nSPS) is 23.8. The highest BCUT2D eigenvalue weighted by atomic mass is 19.1. The molecule has 4 fully saturated rings. The summed E-state index contributed by atoms with van der Waals surface area (Å²) in [5, 5.41) is 12.8. The topological polar surface area (TPSA) is 85.1 Å². The summed E-state index contributed by atoms with van der Waals surface area (Å²) < 4.78 is 31.4. The smallest absolute Gasteiger partial charge is 0.276 e. The molecule has 1 atom stereocenters. The Morgan fingerprint density at radius 2 is 1.79 bits per heavy atom. The highest BCUT2D eigenvalue weighted by molar-refractivity contribution is 6.08. The van der Waals surface area contributed by atoms with Gasteiger partial charge >= 0.3 is 0 Å². The van der Waals surface area contributed by atoms with E-state index in [1.54, 1.807) is 0 Å². The Hall–Kier alpha value is -4.08. The predicted molar refractivity (Wildman–Crippen MR) is 139 cm³/mol. The molecule has 2 bridgehead atoms. The van der Waals surface area contributed by atoms with Crippen LogP contribution in [0.4, 0.5) is 20.2 Å². The molecule has 3 heterocycles. The van der Waals surface area contributed by atoms with E-state index in [-0.39, 0.29) is 11.2 Å². The highest BCUT2D eigenvalue weighted by Crippen LogP contribution is 2.62. The van der Waals surface area contributed by atoms with Crippen LogP contribution in [0.5, 0.6) is 0 Å². The van der Waals surface area contributed by atoms with Gasteiger partial charge in [-0.15, -0.1) is 0 Å². The van der Waals surface area contributed by atoms with Gasteiger partial charge < -0.3 is 10.2 Å². The average Bonchev–Trinajstić information content (AvgIpc) is 3.44. The van der Waals surface area contributed by atoms with Crippen molar-refractivity contribution in [2.75, 3.05) is 23.3 Å². The van der Waals surface area contributed by atoms with Gasteiger partial charge in [-0.2, -0.15) is 14.9 Å². The monoisotopic (exact) mass is 516 g/mol. The number of fused-ring (bicyclic) bond motifs is 1. The molecule has 1 saturated heterocycles. The van der Waals surface area contributed by atoms with Crippen LogP contribution in [0.25, 0.3) is 16.6 Å². The van der Waals surface area contributed by atoms with Crippen LogP contribution in [0.3, 0.4) is 0 Å². The molecule has 8 nitrogen and oxygen atoms in total. The van der Waals surface area contributed by atoms with Gasteiger partial charge in [-0.25, -0.2) is 8.78 Å². The fourth-order valence-electron chi connectivity index (χ4n) is 6.19. The zero-order valence-electron chi connectivity index (χ0n) is 20.8. The van der Waals surface area contributed by atoms with Gasteiger partial charge in [0.05, 0.1) is 22.4 Å². The maximum Gasteiger partial charge on any atom is 0.276 e. The van der Waals surface area contributed by atoms with Gasteiger partial charge in [0, 0.05) is 30.7 Å². The van der Waals surface area contributed by atoms with Gasteiger partial charge in [-0.3, -0.25) is 14.3 Å². The molecule has 10 heteroatoms. The molecule has 3 saturated carbocycles. The van der Waals surface area contributed by atoms with Crippen molar-refractivity contribution in [1.29, 1.82) is 0 Å². The summed E-state index contributed by atoms with van der Waals surface area (Å²) in [5.74, 6) is -1.15. The summed E-state index contributed by atoms with van der Waals surface area (Å²) in [4.78, 5) is 28.0. The molecule has 0 unspecified atom stereocenters. The number of carbonyl (C=O) groups excluding carboxylic acids is 1. The van der Waals surface area contributed by atoms with E-state index in [0.29, 0.717) is 16.3 Å². The fraction of sp³-hybridized carbons (Fsp3) is 0.357. The number of para-hydroxylation sites is 1. The molecule has 0 spiro atoms. The Morgan fingerprint density at radius 1 is 1.03 bits per heavy atom. The van der Waals surface area contributed by atoms with Crippen LogP contribution in [0, 0.1) is 23.5 Å². The quantitative estimate of drug-likeness (QED) is 0.423. The van der Waals surface area contributed by atoms with Crippen molar-refractivity contribution < 1.29 is 13.6 Å². The predicted octanol–water partition coefficient (Wildman–Crippen LogP) is 4.47. The number of aromatic nitrogens is 4. The fourth-order valence-corrected chi connectivity index (χ4v) is 6.19. The number of nitrogens with one attached hydrogen (secondary N) is 1. The largest absolute Gasteiger partial charge is 0.369 e. The lowest BCUT2D eigenvalue weighted by Gasteiger charge is -2.61. The van der Waals surface area contributed by atoms with E-state index in [2.05, 4.69) is 33.1 Å². The summed E-state index contributed by atoms with van der Waals surface area (Å²) in [6, 6.07) is 9.33. The molecule has 194 valence electrons. The molecule has 8 rings (SSSR count). The van der Waals surface area contributed by atoms with Gasteiger partial charge in [0.1, 0.15) is 11.4 Å². The van der Waals surface area contributed by atoms with Gasteiger partial charge in [-0.1, -0.05) is 13.0 Å². The number of nitrogens with zero attached hydrogens (tertiary/aromatic N) is 5. The molecule has 4 aliphatic rings. The molecular formula is C28H26F2N6O2. The first-order valence-electron chi connectivity index (χ1n) is 13.0. The van der Waals surface area contributed by atoms with E-state index in [0.717, 1.165) is 60.2 Å². The second kappa shape index (κ2) is 8.21. The van der Waals surface area contributed by atoms with Crippen LogP contribution >= 0.6 is 0 Å². The van der Waals surface area contributed by atoms with Crippen molar-refractivity contribution >= 4 is 28.2 Å². The molecule has 1 N–H and O–H groups in total. The Morgan fingerprint density at radius 3 is 2.45 bits per heavy atom. The van der Waals surface area contributed by atoms with E-state index in [9.17, 15) is 18.4 Å². The standard InChI is InChI=1S/C28H26F2N6O2/c1-16-9-10-34(14-16)25-18-15-35(28-11-17(12-28)13-28)32-21(18)5-6-22(25)31-27(38)23-7-8-24(37)36(33-23)26-19(29)3-2-4-20(26)30/h2-8,15-17H,9-14H2,1H3,(H,31,38)/t16-,17?,28?/m1/s1. The maximum absolute atomic E-state index is 14.4. The number of hydrogen-bond acceptors (Lipinski definition) is 5. The minimum absolute atomic E-state index is 0.141. The molecule has 4 aromatic rings. The minimum atomic E-state index is -0.950. The van der Waals surface area contributed by atoms with Gasteiger partial charge in [0.25, 0.3) is 11.5 Å². The summed E-state index contributed by atoms with van der Waals surface area (Å²) in [6.45, 7) is 3.92. The summed E-state index contributed by atoms with van der Waals surface area (Å²) in [6.07, 6.45) is 6.67. The van der Waals surface area contributed by atoms with E-state index >= 15 is 0 Å². The molecule has 38 heavy (non-hydrogen) atoms. The number of halogens is 2. The second-order valence-corrected chi connectivity index (χ2v) is 11.0. The minimum Gasteiger partial charge on any atom is -0.369 e. The van der Waals surface area contributed by atoms with E-state index in [1.807, 2.05) is 12.1 Å². The van der Waals surface area contributed by atoms with Crippen molar-refractivity contribution in [3.8, 4) is 5.69 Å². The van der Waals surface area contributed by atoms with Crippen LogP contribution in [0.15, 0.2) is 53.5 Å². The molecular weight excluding hydrogens is 490 g/mol. The summed E-state index contributed by atoms with van der Waals surface area (Å²) in [7, 11) is 0. The number of hydrogen-bond donors (Lipinski definition) is 1. The van der Waals surface area contributed by atoms with Gasteiger partial charge in [0.15, 0.2) is 11.6 Å². The molecule has 1 aliphatic heterocycles. The van der Waals surface area contributed by atoms with Crippen LogP contribution < -0.4 is 15.8 Å². The van der Waals surface area contributed by atoms with Crippen LogP contribution in [0.2, 0.25) is 0 Å². The molecule has 2 aromatic heterocycles. The van der Waals surface area contributed by atoms with Crippen LogP contribution in [-0.4, -0.2) is 38.6 Å². The van der Waals surface area contributed by atoms with E-state index in [4.69, 9.17) is 5.10 Å². The first-order chi connectivity index (χ1) is 18.3. The number of anilines is 2.